The van der Waals surface area contributed by atoms with Crippen molar-refractivity contribution < 1.29 is 4.74 Å². The van der Waals surface area contributed by atoms with E-state index in [9.17, 15) is 0 Å². The normalized spacial score (nSPS) is 10.7. The summed E-state index contributed by atoms with van der Waals surface area (Å²) in [6.07, 6.45) is 1.74. The molecule has 5 nitrogen and oxygen atoms in total. The number of aryl methyl sites for hydroxylation is 1. The summed E-state index contributed by atoms with van der Waals surface area (Å²) in [6.45, 7) is 6.28. The fourth-order valence-corrected chi connectivity index (χ4v) is 2.18. The van der Waals surface area contributed by atoms with E-state index in [4.69, 9.17) is 4.74 Å². The Morgan fingerprint density at radius 2 is 2.00 bits per heavy atom. The van der Waals surface area contributed by atoms with Gasteiger partial charge in [-0.05, 0) is 31.0 Å². The second-order valence-corrected chi connectivity index (χ2v) is 5.24. The first kappa shape index (κ1) is 20.2. The van der Waals surface area contributed by atoms with E-state index in [1.807, 2.05) is 12.1 Å². The molecule has 0 atom stereocenters. The Hall–Kier alpha value is -1.83. The van der Waals surface area contributed by atoms with Gasteiger partial charge in [0.05, 0.1) is 13.7 Å². The van der Waals surface area contributed by atoms with E-state index in [2.05, 4.69) is 58.7 Å². The molecule has 0 amide bonds. The van der Waals surface area contributed by atoms with Gasteiger partial charge in [-0.25, -0.2) is 9.98 Å². The summed E-state index contributed by atoms with van der Waals surface area (Å²) in [5.41, 5.74) is 3.55. The number of rotatable bonds is 6. The molecule has 1 aromatic carbocycles. The molecule has 0 aliphatic rings. The van der Waals surface area contributed by atoms with E-state index < -0.39 is 0 Å². The molecular formula is C18H25IN4O. The van der Waals surface area contributed by atoms with E-state index in [1.165, 1.54) is 11.1 Å². The third-order valence-electron chi connectivity index (χ3n) is 3.31. The van der Waals surface area contributed by atoms with Gasteiger partial charge in [0, 0.05) is 25.4 Å². The van der Waals surface area contributed by atoms with Gasteiger partial charge in [0.2, 0.25) is 5.88 Å². The first-order valence-corrected chi connectivity index (χ1v) is 7.78. The van der Waals surface area contributed by atoms with Gasteiger partial charge in [-0.15, -0.1) is 24.0 Å². The van der Waals surface area contributed by atoms with Crippen LogP contribution >= 0.6 is 24.0 Å². The number of benzene rings is 1. The highest BCUT2D eigenvalue weighted by molar-refractivity contribution is 14.0. The molecule has 0 unspecified atom stereocenters. The third-order valence-corrected chi connectivity index (χ3v) is 3.31. The van der Waals surface area contributed by atoms with Gasteiger partial charge in [0.1, 0.15) is 0 Å². The van der Waals surface area contributed by atoms with Gasteiger partial charge in [0.15, 0.2) is 5.96 Å². The molecule has 6 heteroatoms. The Bertz CT molecular complexity index is 661. The lowest BCUT2D eigenvalue weighted by molar-refractivity contribution is 0.397. The van der Waals surface area contributed by atoms with Crippen molar-refractivity contribution in [3.63, 3.8) is 0 Å². The summed E-state index contributed by atoms with van der Waals surface area (Å²) >= 11 is 0. The Labute approximate surface area is 161 Å². The Kier molecular flexibility index (Phi) is 9.14. The molecule has 2 aromatic rings. The largest absolute Gasteiger partial charge is 0.481 e. The molecule has 2 N–H and O–H groups in total. The van der Waals surface area contributed by atoms with Crippen LogP contribution in [-0.4, -0.2) is 24.6 Å². The maximum Gasteiger partial charge on any atom is 0.213 e. The summed E-state index contributed by atoms with van der Waals surface area (Å²) < 4.78 is 5.14. The minimum atomic E-state index is 0. The second kappa shape index (κ2) is 10.9. The smallest absolute Gasteiger partial charge is 0.213 e. The number of aromatic nitrogens is 1. The van der Waals surface area contributed by atoms with E-state index >= 15 is 0 Å². The number of nitrogens with one attached hydrogen (secondary N) is 2. The minimum Gasteiger partial charge on any atom is -0.481 e. The molecule has 1 aromatic heterocycles. The highest BCUT2D eigenvalue weighted by atomic mass is 127. The quantitative estimate of drug-likeness (QED) is 0.411. The Balaban J connectivity index is 0.00000288. The standard InChI is InChI=1S/C18H24N4O.HI/c1-4-19-18(21-12-15-7-5-6-14(2)10-15)22-13-16-8-9-20-17(11-16)23-3;/h5-11H,4,12-13H2,1-3H3,(H2,19,21,22);1H. The zero-order valence-electron chi connectivity index (χ0n) is 14.4. The average Bonchev–Trinajstić information content (AvgIpc) is 2.57. The number of halogens is 1. The van der Waals surface area contributed by atoms with E-state index in [0.717, 1.165) is 18.1 Å². The van der Waals surface area contributed by atoms with Gasteiger partial charge >= 0.3 is 0 Å². The van der Waals surface area contributed by atoms with Crippen molar-refractivity contribution in [1.29, 1.82) is 0 Å². The average molecular weight is 440 g/mol. The van der Waals surface area contributed by atoms with Crippen LogP contribution in [0, 0.1) is 6.92 Å². The van der Waals surface area contributed by atoms with Crippen LogP contribution < -0.4 is 15.4 Å². The lowest BCUT2D eigenvalue weighted by Gasteiger charge is -2.12. The molecule has 0 bridgehead atoms. The number of nitrogens with zero attached hydrogens (tertiary/aromatic N) is 2. The van der Waals surface area contributed by atoms with Crippen molar-refractivity contribution in [3.05, 3.63) is 59.3 Å². The molecule has 0 saturated heterocycles. The molecule has 130 valence electrons. The lowest BCUT2D eigenvalue weighted by atomic mass is 10.1. The first-order valence-electron chi connectivity index (χ1n) is 7.78. The van der Waals surface area contributed by atoms with Gasteiger partial charge in [-0.2, -0.15) is 0 Å². The fraction of sp³-hybridized carbons (Fsp3) is 0.333. The Morgan fingerprint density at radius 1 is 1.17 bits per heavy atom. The monoisotopic (exact) mass is 440 g/mol. The zero-order chi connectivity index (χ0) is 16.5. The van der Waals surface area contributed by atoms with E-state index in [1.54, 1.807) is 13.3 Å². The second-order valence-electron chi connectivity index (χ2n) is 5.24. The zero-order valence-corrected chi connectivity index (χ0v) is 16.7. The molecule has 0 saturated carbocycles. The molecule has 0 aliphatic carbocycles. The summed E-state index contributed by atoms with van der Waals surface area (Å²) in [5, 5.41) is 6.59. The maximum atomic E-state index is 5.14. The fourth-order valence-electron chi connectivity index (χ4n) is 2.18. The van der Waals surface area contributed by atoms with Gasteiger partial charge in [-0.1, -0.05) is 29.8 Å². The summed E-state index contributed by atoms with van der Waals surface area (Å²) in [4.78, 5) is 8.74. The summed E-state index contributed by atoms with van der Waals surface area (Å²) in [5.74, 6) is 1.41. The number of pyridine rings is 1. The van der Waals surface area contributed by atoms with Crippen LogP contribution in [0.5, 0.6) is 5.88 Å². The van der Waals surface area contributed by atoms with Crippen molar-refractivity contribution in [3.8, 4) is 5.88 Å². The van der Waals surface area contributed by atoms with E-state index in [0.29, 0.717) is 19.0 Å². The molecule has 0 radical (unpaired) electrons. The predicted molar refractivity (Wildman–Crippen MR) is 109 cm³/mol. The van der Waals surface area contributed by atoms with Crippen LogP contribution in [0.4, 0.5) is 0 Å². The Morgan fingerprint density at radius 3 is 2.71 bits per heavy atom. The minimum absolute atomic E-state index is 0. The molecule has 24 heavy (non-hydrogen) atoms. The molecule has 0 fully saturated rings. The third kappa shape index (κ3) is 6.74. The van der Waals surface area contributed by atoms with Crippen LogP contribution in [0.2, 0.25) is 0 Å². The highest BCUT2D eigenvalue weighted by Crippen LogP contribution is 2.08. The lowest BCUT2D eigenvalue weighted by Crippen LogP contribution is -2.36. The summed E-state index contributed by atoms with van der Waals surface area (Å²) in [6, 6.07) is 12.3. The van der Waals surface area contributed by atoms with Crippen LogP contribution in [-0.2, 0) is 13.1 Å². The molecular weight excluding hydrogens is 415 g/mol. The number of aliphatic imine (C=N–C) groups is 1. The topological polar surface area (TPSA) is 58.5 Å². The highest BCUT2D eigenvalue weighted by Gasteiger charge is 2.01. The van der Waals surface area contributed by atoms with Gasteiger partial charge < -0.3 is 15.4 Å². The van der Waals surface area contributed by atoms with Crippen molar-refractivity contribution in [2.75, 3.05) is 13.7 Å². The van der Waals surface area contributed by atoms with Crippen molar-refractivity contribution in [2.45, 2.75) is 26.9 Å². The van der Waals surface area contributed by atoms with Gasteiger partial charge in [0.25, 0.3) is 0 Å². The summed E-state index contributed by atoms with van der Waals surface area (Å²) in [7, 11) is 1.62. The van der Waals surface area contributed by atoms with Crippen LogP contribution in [0.1, 0.15) is 23.6 Å². The number of hydrogen-bond acceptors (Lipinski definition) is 3. The predicted octanol–water partition coefficient (Wildman–Crippen LogP) is 3.27. The molecule has 2 rings (SSSR count). The number of methoxy groups -OCH3 is 1. The maximum absolute atomic E-state index is 5.14. The molecule has 1 heterocycles. The number of ether oxygens (including phenoxy) is 1. The van der Waals surface area contributed by atoms with E-state index in [-0.39, 0.29) is 24.0 Å². The van der Waals surface area contributed by atoms with Crippen LogP contribution in [0.25, 0.3) is 0 Å². The SMILES string of the molecule is CCNC(=NCc1cccc(C)c1)NCc1ccnc(OC)c1.I. The van der Waals surface area contributed by atoms with Crippen molar-refractivity contribution in [1.82, 2.24) is 15.6 Å². The van der Waals surface area contributed by atoms with Crippen molar-refractivity contribution >= 4 is 29.9 Å². The van der Waals surface area contributed by atoms with Crippen molar-refractivity contribution in [2.24, 2.45) is 4.99 Å². The van der Waals surface area contributed by atoms with Crippen LogP contribution in [0.3, 0.4) is 0 Å². The van der Waals surface area contributed by atoms with Crippen LogP contribution in [0.15, 0.2) is 47.6 Å². The van der Waals surface area contributed by atoms with Gasteiger partial charge in [-0.3, -0.25) is 0 Å². The number of guanidine groups is 1. The first-order chi connectivity index (χ1) is 11.2. The number of hydrogen-bond donors (Lipinski definition) is 2. The molecule has 0 spiro atoms. The molecule has 0 aliphatic heterocycles.